The summed E-state index contributed by atoms with van der Waals surface area (Å²) in [6.45, 7) is 15.8. The zero-order valence-corrected chi connectivity index (χ0v) is 13.3. The fourth-order valence-electron chi connectivity index (χ4n) is 1.94. The average Bonchev–Trinajstić information content (AvgIpc) is 2.18. The zero-order valence-electron chi connectivity index (χ0n) is 9.96. The Morgan fingerprint density at radius 1 is 1.00 bits per heavy atom. The van der Waals surface area contributed by atoms with Crippen molar-refractivity contribution in [2.75, 3.05) is 0 Å². The molecule has 0 unspecified atom stereocenters. The van der Waals surface area contributed by atoms with E-state index in [4.69, 9.17) is 3.07 Å². The van der Waals surface area contributed by atoms with Crippen LogP contribution in [0.2, 0.25) is 0 Å². The zero-order chi connectivity index (χ0) is 11.9. The maximum absolute atomic E-state index is 5.75. The average molecular weight is 313 g/mol. The molecule has 0 aromatic rings. The van der Waals surface area contributed by atoms with Crippen LogP contribution in [-0.4, -0.2) is 28.5 Å². The van der Waals surface area contributed by atoms with Crippen molar-refractivity contribution in [3.05, 3.63) is 38.0 Å². The molecule has 0 aliphatic carbocycles. The predicted molar refractivity (Wildman–Crippen MR) is 69.2 cm³/mol. The molecule has 2 heteroatoms. The summed E-state index contributed by atoms with van der Waals surface area (Å²) in [4.78, 5) is 0. The van der Waals surface area contributed by atoms with Gasteiger partial charge in [-0.25, -0.2) is 0 Å². The number of hydrogen-bond donors (Lipinski definition) is 0. The fourth-order valence-corrected chi connectivity index (χ4v) is 2.65. The molecule has 0 rings (SSSR count). The van der Waals surface area contributed by atoms with E-state index in [1.807, 2.05) is 18.2 Å². The third-order valence-corrected chi connectivity index (χ3v) is 4.86. The molecule has 0 fully saturated rings. The quantitative estimate of drug-likeness (QED) is 0.493. The van der Waals surface area contributed by atoms with Crippen molar-refractivity contribution in [1.82, 2.24) is 0 Å². The summed E-state index contributed by atoms with van der Waals surface area (Å²) in [6.07, 6.45) is 8.69. The summed E-state index contributed by atoms with van der Waals surface area (Å²) >= 11 is 0.811. The number of allylic oxidation sites excluding steroid dienone is 3. The Kier molecular flexibility index (Phi) is 6.53. The normalized spacial score (nSPS) is 12.2. The second-order valence-corrected chi connectivity index (χ2v) is 5.06. The van der Waals surface area contributed by atoms with Crippen LogP contribution in [0.1, 0.15) is 33.1 Å². The van der Waals surface area contributed by atoms with Gasteiger partial charge >= 0.3 is 108 Å². The molecule has 0 spiro atoms. The van der Waals surface area contributed by atoms with E-state index in [0.29, 0.717) is 0 Å². The van der Waals surface area contributed by atoms with Crippen LogP contribution in [0.25, 0.3) is 0 Å². The maximum atomic E-state index is 5.75. The molecule has 0 aliphatic heterocycles. The molecule has 15 heavy (non-hydrogen) atoms. The summed E-state index contributed by atoms with van der Waals surface area (Å²) < 4.78 is 5.75. The molecule has 0 saturated carbocycles. The van der Waals surface area contributed by atoms with Crippen molar-refractivity contribution >= 4 is 22.9 Å². The molecule has 0 bridgehead atoms. The molecule has 0 saturated heterocycles. The first kappa shape index (κ1) is 15.0. The first-order valence-corrected chi connectivity index (χ1v) is 6.55. The Bertz CT molecular complexity index is 204. The van der Waals surface area contributed by atoms with Crippen LogP contribution in [0.15, 0.2) is 38.0 Å². The molecule has 0 aromatic carbocycles. The second-order valence-electron chi connectivity index (χ2n) is 4.39. The molecule has 84 valence electrons. The van der Waals surface area contributed by atoms with Gasteiger partial charge in [0, 0.05) is 0 Å². The Balaban J connectivity index is 5.15. The molecular weight excluding hydrogens is 291 g/mol. The molecule has 0 N–H and O–H groups in total. The van der Waals surface area contributed by atoms with Crippen molar-refractivity contribution < 1.29 is 3.07 Å². The van der Waals surface area contributed by atoms with Crippen molar-refractivity contribution in [3.8, 4) is 0 Å². The third-order valence-electron chi connectivity index (χ3n) is 3.18. The van der Waals surface area contributed by atoms with Gasteiger partial charge in [-0.3, -0.25) is 0 Å². The fraction of sp³-hybridized carbons (Fsp3) is 0.538. The third kappa shape index (κ3) is 3.49. The summed E-state index contributed by atoms with van der Waals surface area (Å²) in [6, 6.07) is 0. The minimum atomic E-state index is -0.147. The van der Waals surface area contributed by atoms with E-state index in [0.717, 1.165) is 42.2 Å². The van der Waals surface area contributed by atoms with Gasteiger partial charge in [-0.2, -0.15) is 0 Å². The SMILES string of the molecule is C=CCC(CC=C)(CC=C)C(C)(C)[O][SnH]. The first-order valence-electron chi connectivity index (χ1n) is 5.20. The van der Waals surface area contributed by atoms with Crippen molar-refractivity contribution in [2.24, 2.45) is 5.41 Å². The van der Waals surface area contributed by atoms with Crippen LogP contribution in [0.4, 0.5) is 0 Å². The van der Waals surface area contributed by atoms with Gasteiger partial charge in [-0.05, 0) is 0 Å². The van der Waals surface area contributed by atoms with Gasteiger partial charge in [0.2, 0.25) is 0 Å². The topological polar surface area (TPSA) is 9.23 Å². The van der Waals surface area contributed by atoms with Crippen molar-refractivity contribution in [1.29, 1.82) is 0 Å². The van der Waals surface area contributed by atoms with Crippen molar-refractivity contribution in [3.63, 3.8) is 0 Å². The van der Waals surface area contributed by atoms with E-state index in [-0.39, 0.29) is 11.0 Å². The monoisotopic (exact) mass is 314 g/mol. The van der Waals surface area contributed by atoms with Gasteiger partial charge in [0.25, 0.3) is 0 Å². The molecule has 0 heterocycles. The molecule has 0 aromatic heterocycles. The van der Waals surface area contributed by atoms with Gasteiger partial charge in [0.05, 0.1) is 0 Å². The Morgan fingerprint density at radius 3 is 1.53 bits per heavy atom. The van der Waals surface area contributed by atoms with Crippen molar-refractivity contribution in [2.45, 2.75) is 38.7 Å². The van der Waals surface area contributed by atoms with E-state index in [1.165, 1.54) is 0 Å². The van der Waals surface area contributed by atoms with Gasteiger partial charge < -0.3 is 0 Å². The summed E-state index contributed by atoms with van der Waals surface area (Å²) in [5.74, 6) is 0. The van der Waals surface area contributed by atoms with E-state index in [2.05, 4.69) is 33.6 Å². The van der Waals surface area contributed by atoms with Crippen LogP contribution in [0.5, 0.6) is 0 Å². The molecule has 2 radical (unpaired) electrons. The summed E-state index contributed by atoms with van der Waals surface area (Å²) in [5.41, 5.74) is -0.0937. The standard InChI is InChI=1S/C13H21O.Sn.H/c1-6-9-13(10-7-2,11-8-3)12(4,5)14;;/h6-8H,1-3,9-11H2,4-5H3;;/q-1;+1;. The van der Waals surface area contributed by atoms with E-state index in [1.54, 1.807) is 0 Å². The molecule has 1 nitrogen and oxygen atoms in total. The van der Waals surface area contributed by atoms with Crippen LogP contribution in [0.3, 0.4) is 0 Å². The van der Waals surface area contributed by atoms with Gasteiger partial charge in [0.15, 0.2) is 0 Å². The second kappa shape index (κ2) is 6.54. The Morgan fingerprint density at radius 2 is 1.33 bits per heavy atom. The van der Waals surface area contributed by atoms with Gasteiger partial charge in [0.1, 0.15) is 0 Å². The van der Waals surface area contributed by atoms with E-state index >= 15 is 0 Å². The van der Waals surface area contributed by atoms with Crippen LogP contribution >= 0.6 is 0 Å². The number of rotatable bonds is 8. The van der Waals surface area contributed by atoms with Crippen LogP contribution < -0.4 is 0 Å². The Labute approximate surface area is 108 Å². The van der Waals surface area contributed by atoms with Gasteiger partial charge in [-0.1, -0.05) is 0 Å². The molecular formula is C13H22OSn. The summed E-state index contributed by atoms with van der Waals surface area (Å²) in [7, 11) is 0. The van der Waals surface area contributed by atoms with E-state index < -0.39 is 0 Å². The summed E-state index contributed by atoms with van der Waals surface area (Å²) in [5, 5.41) is 0. The first-order chi connectivity index (χ1) is 6.99. The molecule has 0 aliphatic rings. The minimum absolute atomic E-state index is 0.0533. The van der Waals surface area contributed by atoms with E-state index in [9.17, 15) is 0 Å². The Hall–Kier alpha value is -0.0213. The van der Waals surface area contributed by atoms with Crippen LogP contribution in [-0.2, 0) is 3.07 Å². The predicted octanol–water partition coefficient (Wildman–Crippen LogP) is 3.31. The van der Waals surface area contributed by atoms with Crippen LogP contribution in [0, 0.1) is 5.41 Å². The number of hydrogen-bond acceptors (Lipinski definition) is 1. The van der Waals surface area contributed by atoms with Gasteiger partial charge in [-0.15, -0.1) is 0 Å². The molecule has 0 atom stereocenters. The molecule has 0 amide bonds.